The molecule has 0 spiro atoms. The van der Waals surface area contributed by atoms with Gasteiger partial charge in [-0.25, -0.2) is 0 Å². The molecule has 0 unspecified atom stereocenters. The minimum absolute atomic E-state index is 0.0898. The molecular weight excluding hydrogens is 192 g/mol. The Morgan fingerprint density at radius 3 is 2.53 bits per heavy atom. The van der Waals surface area contributed by atoms with Crippen molar-refractivity contribution in [2.24, 2.45) is 4.99 Å². The van der Waals surface area contributed by atoms with Crippen molar-refractivity contribution in [1.82, 2.24) is 0 Å². The predicted molar refractivity (Wildman–Crippen MR) is 60.3 cm³/mol. The van der Waals surface area contributed by atoms with E-state index >= 15 is 0 Å². The molecular formula is C11H14N2O2. The quantitative estimate of drug-likeness (QED) is 0.585. The molecule has 0 fully saturated rings. The fourth-order valence-corrected chi connectivity index (χ4v) is 1.14. The van der Waals surface area contributed by atoms with Crippen LogP contribution >= 0.6 is 0 Å². The van der Waals surface area contributed by atoms with Crippen LogP contribution in [0.25, 0.3) is 0 Å². The number of carbonyl (C=O) groups is 1. The summed E-state index contributed by atoms with van der Waals surface area (Å²) in [4.78, 5) is 14.4. The zero-order valence-corrected chi connectivity index (χ0v) is 8.60. The molecule has 15 heavy (non-hydrogen) atoms. The van der Waals surface area contributed by atoms with Gasteiger partial charge in [-0.15, -0.1) is 0 Å². The molecule has 0 heterocycles. The van der Waals surface area contributed by atoms with E-state index in [4.69, 9.17) is 5.11 Å². The van der Waals surface area contributed by atoms with Crippen LogP contribution in [0.1, 0.15) is 12.8 Å². The molecule has 0 bridgehead atoms. The Bertz CT molecular complexity index is 347. The van der Waals surface area contributed by atoms with Crippen molar-refractivity contribution in [3.63, 3.8) is 0 Å². The standard InChI is InChI=1S/C11H14N2O2/c1-12-10(7-8-11(14)15)13-9-5-3-2-4-6-9/h2-6H,7-8H2,1H3,(H,12,13)(H,14,15). The number of rotatable bonds is 4. The number of nitrogens with one attached hydrogen (secondary N) is 1. The predicted octanol–water partition coefficient (Wildman–Crippen LogP) is 1.99. The van der Waals surface area contributed by atoms with Gasteiger partial charge in [0.2, 0.25) is 0 Å². The summed E-state index contributed by atoms with van der Waals surface area (Å²) in [6.07, 6.45) is 0.507. The van der Waals surface area contributed by atoms with Crippen molar-refractivity contribution in [2.45, 2.75) is 12.8 Å². The zero-order valence-electron chi connectivity index (χ0n) is 8.60. The maximum atomic E-state index is 10.4. The highest BCUT2D eigenvalue weighted by atomic mass is 16.4. The Morgan fingerprint density at radius 2 is 2.00 bits per heavy atom. The van der Waals surface area contributed by atoms with E-state index in [0.717, 1.165) is 5.69 Å². The highest BCUT2D eigenvalue weighted by molar-refractivity contribution is 5.96. The van der Waals surface area contributed by atoms with Gasteiger partial charge in [-0.2, -0.15) is 0 Å². The van der Waals surface area contributed by atoms with Crippen LogP contribution in [-0.4, -0.2) is 24.0 Å². The molecule has 4 nitrogen and oxygen atoms in total. The number of hydrogen-bond acceptors (Lipinski definition) is 2. The number of benzene rings is 1. The Morgan fingerprint density at radius 1 is 1.33 bits per heavy atom. The van der Waals surface area contributed by atoms with Crippen LogP contribution in [0, 0.1) is 0 Å². The Kier molecular flexibility index (Phi) is 4.34. The molecule has 0 atom stereocenters. The van der Waals surface area contributed by atoms with Gasteiger partial charge in [0, 0.05) is 19.2 Å². The molecule has 1 aromatic carbocycles. The number of aliphatic carboxylic acids is 1. The minimum atomic E-state index is -0.814. The van der Waals surface area contributed by atoms with Crippen LogP contribution < -0.4 is 5.32 Å². The van der Waals surface area contributed by atoms with E-state index in [2.05, 4.69) is 10.3 Å². The van der Waals surface area contributed by atoms with Gasteiger partial charge >= 0.3 is 5.97 Å². The second-order valence-electron chi connectivity index (χ2n) is 3.06. The molecule has 0 amide bonds. The molecule has 1 aromatic rings. The molecule has 0 aliphatic carbocycles. The van der Waals surface area contributed by atoms with E-state index in [9.17, 15) is 4.79 Å². The maximum absolute atomic E-state index is 10.4. The second kappa shape index (κ2) is 5.80. The molecule has 0 saturated heterocycles. The molecule has 2 N–H and O–H groups in total. The van der Waals surface area contributed by atoms with E-state index < -0.39 is 5.97 Å². The number of aliphatic imine (C=N–C) groups is 1. The van der Waals surface area contributed by atoms with Gasteiger partial charge in [-0.3, -0.25) is 9.79 Å². The van der Waals surface area contributed by atoms with Gasteiger partial charge in [-0.1, -0.05) is 18.2 Å². The van der Waals surface area contributed by atoms with Crippen molar-refractivity contribution < 1.29 is 9.90 Å². The summed E-state index contributed by atoms with van der Waals surface area (Å²) in [5.41, 5.74) is 0.920. The van der Waals surface area contributed by atoms with Crippen molar-refractivity contribution in [2.75, 3.05) is 12.4 Å². The maximum Gasteiger partial charge on any atom is 0.303 e. The highest BCUT2D eigenvalue weighted by Crippen LogP contribution is 2.06. The Hall–Kier alpha value is -1.84. The first kappa shape index (κ1) is 11.2. The van der Waals surface area contributed by atoms with E-state index in [1.54, 1.807) is 7.05 Å². The smallest absolute Gasteiger partial charge is 0.303 e. The highest BCUT2D eigenvalue weighted by Gasteiger charge is 2.02. The number of nitrogens with zero attached hydrogens (tertiary/aromatic N) is 1. The number of hydrogen-bond donors (Lipinski definition) is 2. The topological polar surface area (TPSA) is 61.7 Å². The monoisotopic (exact) mass is 206 g/mol. The summed E-state index contributed by atoms with van der Waals surface area (Å²) in [6, 6.07) is 9.56. The van der Waals surface area contributed by atoms with Crippen molar-refractivity contribution in [1.29, 1.82) is 0 Å². The summed E-state index contributed by atoms with van der Waals surface area (Å²) in [5.74, 6) is -0.130. The molecule has 80 valence electrons. The van der Waals surface area contributed by atoms with Crippen molar-refractivity contribution in [3.8, 4) is 0 Å². The lowest BCUT2D eigenvalue weighted by atomic mass is 10.2. The van der Waals surface area contributed by atoms with Gasteiger partial charge < -0.3 is 10.4 Å². The number of para-hydroxylation sites is 1. The zero-order chi connectivity index (χ0) is 11.1. The van der Waals surface area contributed by atoms with E-state index in [1.807, 2.05) is 30.3 Å². The van der Waals surface area contributed by atoms with E-state index in [1.165, 1.54) is 0 Å². The third kappa shape index (κ3) is 4.26. The largest absolute Gasteiger partial charge is 0.481 e. The fraction of sp³-hybridized carbons (Fsp3) is 0.273. The first-order chi connectivity index (χ1) is 7.22. The SMILES string of the molecule is CN=C(CCC(=O)O)Nc1ccccc1. The minimum Gasteiger partial charge on any atom is -0.481 e. The summed E-state index contributed by atoms with van der Waals surface area (Å²) >= 11 is 0. The number of carboxylic acid groups (broad SMARTS) is 1. The van der Waals surface area contributed by atoms with Crippen LogP contribution in [-0.2, 0) is 4.79 Å². The lowest BCUT2D eigenvalue weighted by Crippen LogP contribution is -2.13. The molecule has 0 aliphatic heterocycles. The molecule has 4 heteroatoms. The van der Waals surface area contributed by atoms with Crippen LogP contribution in [0.4, 0.5) is 5.69 Å². The number of carboxylic acids is 1. The van der Waals surface area contributed by atoms with Crippen molar-refractivity contribution in [3.05, 3.63) is 30.3 Å². The Labute approximate surface area is 88.7 Å². The third-order valence-corrected chi connectivity index (χ3v) is 1.91. The average Bonchev–Trinajstić information content (AvgIpc) is 2.25. The van der Waals surface area contributed by atoms with E-state index in [0.29, 0.717) is 12.3 Å². The van der Waals surface area contributed by atoms with Crippen LogP contribution in [0.3, 0.4) is 0 Å². The normalized spacial score (nSPS) is 11.1. The van der Waals surface area contributed by atoms with Gasteiger partial charge in [0.15, 0.2) is 0 Å². The first-order valence-corrected chi connectivity index (χ1v) is 4.72. The molecule has 0 aliphatic rings. The van der Waals surface area contributed by atoms with Crippen LogP contribution in [0.5, 0.6) is 0 Å². The van der Waals surface area contributed by atoms with Gasteiger partial charge in [0.1, 0.15) is 5.84 Å². The average molecular weight is 206 g/mol. The number of anilines is 1. The molecule has 0 saturated carbocycles. The van der Waals surface area contributed by atoms with Crippen LogP contribution in [0.15, 0.2) is 35.3 Å². The summed E-state index contributed by atoms with van der Waals surface area (Å²) < 4.78 is 0. The second-order valence-corrected chi connectivity index (χ2v) is 3.06. The summed E-state index contributed by atoms with van der Waals surface area (Å²) in [5, 5.41) is 11.6. The van der Waals surface area contributed by atoms with Gasteiger partial charge in [0.05, 0.1) is 6.42 Å². The lowest BCUT2D eigenvalue weighted by molar-refractivity contribution is -0.136. The van der Waals surface area contributed by atoms with Crippen LogP contribution in [0.2, 0.25) is 0 Å². The molecule has 0 radical (unpaired) electrons. The van der Waals surface area contributed by atoms with Crippen molar-refractivity contribution >= 4 is 17.5 Å². The first-order valence-electron chi connectivity index (χ1n) is 4.72. The summed E-state index contributed by atoms with van der Waals surface area (Å²) in [7, 11) is 1.65. The summed E-state index contributed by atoms with van der Waals surface area (Å²) in [6.45, 7) is 0. The van der Waals surface area contributed by atoms with E-state index in [-0.39, 0.29) is 6.42 Å². The number of amidine groups is 1. The lowest BCUT2D eigenvalue weighted by Gasteiger charge is -2.07. The third-order valence-electron chi connectivity index (χ3n) is 1.91. The van der Waals surface area contributed by atoms with Gasteiger partial charge in [-0.05, 0) is 12.1 Å². The molecule has 0 aromatic heterocycles. The Balaban J connectivity index is 2.52. The van der Waals surface area contributed by atoms with Gasteiger partial charge in [0.25, 0.3) is 0 Å². The fourth-order valence-electron chi connectivity index (χ4n) is 1.14. The molecule has 1 rings (SSSR count).